The summed E-state index contributed by atoms with van der Waals surface area (Å²) >= 11 is 4.52. The zero-order chi connectivity index (χ0) is 5.15. The molecular formula is C3H9N2NaS. The maximum atomic E-state index is 5.09. The Morgan fingerprint density at radius 3 is 1.71 bits per heavy atom. The van der Waals surface area contributed by atoms with Crippen LogP contribution in [0.2, 0.25) is 0 Å². The van der Waals surface area contributed by atoms with Crippen molar-refractivity contribution >= 4 is 46.9 Å². The van der Waals surface area contributed by atoms with Crippen LogP contribution in [0, 0.1) is 0 Å². The molecule has 0 spiro atoms. The Morgan fingerprint density at radius 2 is 1.71 bits per heavy atom. The molecule has 0 heterocycles. The summed E-state index contributed by atoms with van der Waals surface area (Å²) in [7, 11) is 3.62. The molecule has 0 unspecified atom stereocenters. The molecule has 0 aliphatic carbocycles. The number of nitrogens with zero attached hydrogens (tertiary/aromatic N) is 1. The topological polar surface area (TPSA) is 29.3 Å². The minimum atomic E-state index is 0. The van der Waals surface area contributed by atoms with Crippen molar-refractivity contribution in [1.29, 1.82) is 0 Å². The molecule has 38 valence electrons. The van der Waals surface area contributed by atoms with Gasteiger partial charge in [0.1, 0.15) is 0 Å². The first-order chi connectivity index (χ1) is 2.64. The van der Waals surface area contributed by atoms with Crippen molar-refractivity contribution < 1.29 is 0 Å². The van der Waals surface area contributed by atoms with Crippen molar-refractivity contribution in [1.82, 2.24) is 4.90 Å². The van der Waals surface area contributed by atoms with E-state index in [1.807, 2.05) is 14.1 Å². The molecule has 0 aromatic rings. The van der Waals surface area contributed by atoms with Crippen LogP contribution in [0.3, 0.4) is 0 Å². The Morgan fingerprint density at radius 1 is 1.57 bits per heavy atom. The zero-order valence-electron chi connectivity index (χ0n) is 3.93. The number of rotatable bonds is 0. The quantitative estimate of drug-likeness (QED) is 0.340. The first kappa shape index (κ1) is 10.6. The fourth-order valence-corrected chi connectivity index (χ4v) is 0. The molecule has 0 aliphatic heterocycles. The third-order valence-corrected chi connectivity index (χ3v) is 0.806. The summed E-state index contributed by atoms with van der Waals surface area (Å²) in [6, 6.07) is 0. The van der Waals surface area contributed by atoms with Gasteiger partial charge in [-0.2, -0.15) is 0 Å². The second-order valence-corrected chi connectivity index (χ2v) is 1.65. The minimum absolute atomic E-state index is 0. The van der Waals surface area contributed by atoms with Gasteiger partial charge < -0.3 is 10.6 Å². The molecule has 0 fully saturated rings. The van der Waals surface area contributed by atoms with E-state index in [9.17, 15) is 0 Å². The van der Waals surface area contributed by atoms with E-state index in [4.69, 9.17) is 5.73 Å². The first-order valence-corrected chi connectivity index (χ1v) is 2.02. The van der Waals surface area contributed by atoms with Crippen molar-refractivity contribution in [2.45, 2.75) is 0 Å². The van der Waals surface area contributed by atoms with Gasteiger partial charge in [0.25, 0.3) is 0 Å². The van der Waals surface area contributed by atoms with E-state index in [1.54, 1.807) is 4.90 Å². The summed E-state index contributed by atoms with van der Waals surface area (Å²) in [5.74, 6) is 0. The molecule has 0 rings (SSSR count). The van der Waals surface area contributed by atoms with Gasteiger partial charge >= 0.3 is 29.6 Å². The van der Waals surface area contributed by atoms with Crippen LogP contribution in [-0.4, -0.2) is 53.7 Å². The fraction of sp³-hybridized carbons (Fsp3) is 0.667. The van der Waals surface area contributed by atoms with Gasteiger partial charge in [-0.3, -0.25) is 0 Å². The van der Waals surface area contributed by atoms with E-state index >= 15 is 0 Å². The van der Waals surface area contributed by atoms with Crippen molar-refractivity contribution in [3.05, 3.63) is 0 Å². The predicted octanol–water partition coefficient (Wildman–Crippen LogP) is -0.857. The van der Waals surface area contributed by atoms with Gasteiger partial charge in [-0.15, -0.1) is 0 Å². The molecule has 0 radical (unpaired) electrons. The molecule has 4 heteroatoms. The summed E-state index contributed by atoms with van der Waals surface area (Å²) in [6.07, 6.45) is 0. The van der Waals surface area contributed by atoms with E-state index in [1.165, 1.54) is 0 Å². The molecule has 2 nitrogen and oxygen atoms in total. The molecule has 0 saturated carbocycles. The second kappa shape index (κ2) is 4.84. The van der Waals surface area contributed by atoms with Gasteiger partial charge in [-0.05, 0) is 12.2 Å². The van der Waals surface area contributed by atoms with Gasteiger partial charge in [0.05, 0.1) is 0 Å². The molecule has 0 aliphatic rings. The SMILES string of the molecule is CN(C)C(N)=S.[NaH]. The van der Waals surface area contributed by atoms with Crippen LogP contribution in [0.15, 0.2) is 0 Å². The summed E-state index contributed by atoms with van der Waals surface area (Å²) in [5, 5.41) is 0.426. The van der Waals surface area contributed by atoms with Crippen LogP contribution in [0.25, 0.3) is 0 Å². The molecule has 0 atom stereocenters. The van der Waals surface area contributed by atoms with Gasteiger partial charge in [-0.25, -0.2) is 0 Å². The van der Waals surface area contributed by atoms with E-state index in [0.717, 1.165) is 0 Å². The Balaban J connectivity index is 0. The molecular weight excluding hydrogens is 119 g/mol. The fourth-order valence-electron chi connectivity index (χ4n) is 0. The number of hydrogen-bond acceptors (Lipinski definition) is 1. The third kappa shape index (κ3) is 6.69. The Hall–Kier alpha value is 0.690. The van der Waals surface area contributed by atoms with Crippen LogP contribution in [0.4, 0.5) is 0 Å². The standard InChI is InChI=1S/C3H8N2S.Na.H/c1-5(2)3(4)6;;/h1-2H3,(H2,4,6);;. The van der Waals surface area contributed by atoms with Crippen molar-refractivity contribution in [2.75, 3.05) is 14.1 Å². The van der Waals surface area contributed by atoms with Gasteiger partial charge in [0.15, 0.2) is 5.11 Å². The summed E-state index contributed by atoms with van der Waals surface area (Å²) in [6.45, 7) is 0. The predicted molar refractivity (Wildman–Crippen MR) is 37.6 cm³/mol. The Labute approximate surface area is 71.3 Å². The maximum absolute atomic E-state index is 5.09. The average Bonchev–Trinajstić information content (AvgIpc) is 1.36. The van der Waals surface area contributed by atoms with Gasteiger partial charge in [-0.1, -0.05) is 0 Å². The molecule has 0 aromatic heterocycles. The van der Waals surface area contributed by atoms with Crippen LogP contribution >= 0.6 is 12.2 Å². The molecule has 7 heavy (non-hydrogen) atoms. The summed E-state index contributed by atoms with van der Waals surface area (Å²) in [5.41, 5.74) is 5.09. The van der Waals surface area contributed by atoms with E-state index in [0.29, 0.717) is 5.11 Å². The normalized spacial score (nSPS) is 6.57. The van der Waals surface area contributed by atoms with Crippen molar-refractivity contribution in [3.63, 3.8) is 0 Å². The zero-order valence-corrected chi connectivity index (χ0v) is 4.75. The number of nitrogens with two attached hydrogens (primary N) is 1. The Kier molecular flexibility index (Phi) is 7.35. The van der Waals surface area contributed by atoms with E-state index in [-0.39, 0.29) is 29.6 Å². The van der Waals surface area contributed by atoms with Crippen LogP contribution in [-0.2, 0) is 0 Å². The molecule has 0 saturated heterocycles. The third-order valence-electron chi connectivity index (χ3n) is 0.441. The first-order valence-electron chi connectivity index (χ1n) is 1.61. The summed E-state index contributed by atoms with van der Waals surface area (Å²) < 4.78 is 0. The van der Waals surface area contributed by atoms with Crippen molar-refractivity contribution in [3.8, 4) is 0 Å². The summed E-state index contributed by atoms with van der Waals surface area (Å²) in [4.78, 5) is 1.68. The van der Waals surface area contributed by atoms with Crippen LogP contribution in [0.1, 0.15) is 0 Å². The molecule has 0 aromatic carbocycles. The monoisotopic (exact) mass is 128 g/mol. The van der Waals surface area contributed by atoms with Gasteiger partial charge in [0.2, 0.25) is 0 Å². The number of thiocarbonyl (C=S) groups is 1. The molecule has 0 bridgehead atoms. The van der Waals surface area contributed by atoms with E-state index in [2.05, 4.69) is 12.2 Å². The van der Waals surface area contributed by atoms with Crippen LogP contribution < -0.4 is 5.73 Å². The van der Waals surface area contributed by atoms with Gasteiger partial charge in [0, 0.05) is 14.1 Å². The Bertz CT molecular complexity index is 64.0. The number of hydrogen-bond donors (Lipinski definition) is 1. The van der Waals surface area contributed by atoms with Crippen LogP contribution in [0.5, 0.6) is 0 Å². The van der Waals surface area contributed by atoms with E-state index < -0.39 is 0 Å². The average molecular weight is 128 g/mol. The molecule has 0 amide bonds. The van der Waals surface area contributed by atoms with Crippen molar-refractivity contribution in [2.24, 2.45) is 5.73 Å². The second-order valence-electron chi connectivity index (χ2n) is 1.23. The molecule has 2 N–H and O–H groups in total.